The summed E-state index contributed by atoms with van der Waals surface area (Å²) in [5.74, 6) is 0.949. The van der Waals surface area contributed by atoms with Crippen LogP contribution < -0.4 is 0 Å². The molecule has 41 heavy (non-hydrogen) atoms. The number of allylic oxidation sites excluding steroid dienone is 2. The molecule has 0 radical (unpaired) electrons. The molecule has 236 valence electrons. The van der Waals surface area contributed by atoms with Crippen molar-refractivity contribution in [3.63, 3.8) is 0 Å². The summed E-state index contributed by atoms with van der Waals surface area (Å²) in [7, 11) is 0. The van der Waals surface area contributed by atoms with Crippen molar-refractivity contribution in [2.24, 2.45) is 45.3 Å². The van der Waals surface area contributed by atoms with E-state index in [0.29, 0.717) is 24.7 Å². The lowest BCUT2D eigenvalue weighted by molar-refractivity contribution is -0.307. The maximum atomic E-state index is 12.1. The van der Waals surface area contributed by atoms with E-state index in [2.05, 4.69) is 54.5 Å². The smallest absolute Gasteiger partial charge is 0.160 e. The fraction of sp³-hybridized carbons (Fsp3) is 0.944. The molecule has 0 bridgehead atoms. The summed E-state index contributed by atoms with van der Waals surface area (Å²) < 4.78 is 13.3. The number of fused-ring (bicyclic) bond motifs is 5. The topological polar surface area (TPSA) is 79.2 Å². The second-order valence-electron chi connectivity index (χ2n) is 17.2. The molecule has 5 fully saturated rings. The van der Waals surface area contributed by atoms with Crippen molar-refractivity contribution < 1.29 is 24.8 Å². The van der Waals surface area contributed by atoms with Gasteiger partial charge in [-0.3, -0.25) is 0 Å². The molecular formula is C36H62O5. The summed E-state index contributed by atoms with van der Waals surface area (Å²) in [5, 5.41) is 34.5. The molecule has 5 rings (SSSR count). The average Bonchev–Trinajstić information content (AvgIpc) is 3.20. The third kappa shape index (κ3) is 5.30. The van der Waals surface area contributed by atoms with Gasteiger partial charge >= 0.3 is 0 Å². The minimum atomic E-state index is -0.801. The van der Waals surface area contributed by atoms with Crippen LogP contribution in [-0.4, -0.2) is 51.6 Å². The third-order valence-electron chi connectivity index (χ3n) is 13.8. The third-order valence-corrected chi connectivity index (χ3v) is 13.8. The fourth-order valence-corrected chi connectivity index (χ4v) is 12.0. The van der Waals surface area contributed by atoms with Crippen molar-refractivity contribution in [2.75, 3.05) is 0 Å². The van der Waals surface area contributed by atoms with Crippen LogP contribution in [0.4, 0.5) is 0 Å². The number of ether oxygens (including phenoxy) is 2. The van der Waals surface area contributed by atoms with Crippen molar-refractivity contribution in [3.05, 3.63) is 11.6 Å². The van der Waals surface area contributed by atoms with Crippen LogP contribution in [0, 0.1) is 45.3 Å². The van der Waals surface area contributed by atoms with Crippen LogP contribution in [0.2, 0.25) is 0 Å². The predicted molar refractivity (Wildman–Crippen MR) is 164 cm³/mol. The van der Waals surface area contributed by atoms with Gasteiger partial charge < -0.3 is 24.8 Å². The molecule has 1 aliphatic heterocycles. The van der Waals surface area contributed by atoms with Gasteiger partial charge in [0.1, 0.15) is 0 Å². The minimum Gasteiger partial charge on any atom is -0.393 e. The highest BCUT2D eigenvalue weighted by atomic mass is 16.7. The van der Waals surface area contributed by atoms with Crippen LogP contribution in [0.1, 0.15) is 133 Å². The second kappa shape index (κ2) is 10.9. The molecule has 0 aromatic carbocycles. The van der Waals surface area contributed by atoms with Gasteiger partial charge in [0.05, 0.1) is 30.0 Å². The number of hydrogen-bond acceptors (Lipinski definition) is 5. The van der Waals surface area contributed by atoms with E-state index in [1.54, 1.807) is 0 Å². The highest BCUT2D eigenvalue weighted by Crippen LogP contribution is 2.76. The van der Waals surface area contributed by atoms with Crippen molar-refractivity contribution in [1.29, 1.82) is 0 Å². The number of hydrogen-bond donors (Lipinski definition) is 3. The van der Waals surface area contributed by atoms with Crippen LogP contribution in [0.25, 0.3) is 0 Å². The zero-order chi connectivity index (χ0) is 30.2. The normalized spacial score (nSPS) is 50.7. The van der Waals surface area contributed by atoms with Gasteiger partial charge in [0, 0.05) is 6.42 Å². The number of aliphatic hydroxyl groups is 3. The first-order valence-corrected chi connectivity index (χ1v) is 17.0. The molecule has 1 heterocycles. The van der Waals surface area contributed by atoms with Crippen LogP contribution in [-0.2, 0) is 9.47 Å². The van der Waals surface area contributed by atoms with Crippen molar-refractivity contribution in [3.8, 4) is 0 Å². The van der Waals surface area contributed by atoms with Crippen LogP contribution in [0.15, 0.2) is 11.6 Å². The Morgan fingerprint density at radius 3 is 2.37 bits per heavy atom. The predicted octanol–water partition coefficient (Wildman–Crippen LogP) is 7.41. The molecule has 0 aromatic heterocycles. The van der Waals surface area contributed by atoms with Gasteiger partial charge in [-0.1, -0.05) is 52.7 Å². The van der Waals surface area contributed by atoms with Gasteiger partial charge in [-0.25, -0.2) is 0 Å². The molecule has 0 amide bonds. The molecule has 3 N–H and O–H groups in total. The Morgan fingerprint density at radius 1 is 1.00 bits per heavy atom. The summed E-state index contributed by atoms with van der Waals surface area (Å²) in [6, 6.07) is 0. The zero-order valence-corrected chi connectivity index (χ0v) is 27.7. The molecule has 0 aromatic rings. The van der Waals surface area contributed by atoms with Gasteiger partial charge in [0.15, 0.2) is 6.29 Å². The summed E-state index contributed by atoms with van der Waals surface area (Å²) in [6.07, 6.45) is 11.3. The molecule has 4 aliphatic carbocycles. The highest BCUT2D eigenvalue weighted by Gasteiger charge is 2.72. The lowest BCUT2D eigenvalue weighted by atomic mass is 9.34. The Labute approximate surface area is 250 Å². The van der Waals surface area contributed by atoms with Crippen LogP contribution >= 0.6 is 0 Å². The van der Waals surface area contributed by atoms with E-state index < -0.39 is 11.7 Å². The van der Waals surface area contributed by atoms with E-state index in [1.807, 2.05) is 13.8 Å². The van der Waals surface area contributed by atoms with E-state index in [1.165, 1.54) is 24.8 Å². The number of aliphatic hydroxyl groups excluding tert-OH is 2. The summed E-state index contributed by atoms with van der Waals surface area (Å²) in [6.45, 7) is 20.7. The largest absolute Gasteiger partial charge is 0.393 e. The fourth-order valence-electron chi connectivity index (χ4n) is 12.0. The van der Waals surface area contributed by atoms with Gasteiger partial charge in [-0.2, -0.15) is 0 Å². The van der Waals surface area contributed by atoms with Gasteiger partial charge in [0.25, 0.3) is 0 Å². The molecular weight excluding hydrogens is 512 g/mol. The SMILES string of the molecule is CC(C)=CCC[C@](C)(O)C1CC[C@]2(C)[C@@H]1[C@H](O)C[C@@H]1[C@@]3(C)CCCC(C)(C)[C@@H]3[C@@H](O[C@H]3C[C@@H](O)C[C@@H](C)O3)C[C@]12C. The molecule has 5 heteroatoms. The molecule has 5 nitrogen and oxygen atoms in total. The summed E-state index contributed by atoms with van der Waals surface area (Å²) in [4.78, 5) is 0. The van der Waals surface area contributed by atoms with Gasteiger partial charge in [-0.15, -0.1) is 0 Å². The Balaban J connectivity index is 1.51. The Hall–Kier alpha value is -0.460. The zero-order valence-electron chi connectivity index (χ0n) is 27.7. The maximum Gasteiger partial charge on any atom is 0.160 e. The van der Waals surface area contributed by atoms with Gasteiger partial charge in [0.2, 0.25) is 0 Å². The lowest BCUT2D eigenvalue weighted by Crippen LogP contribution is -2.69. The van der Waals surface area contributed by atoms with Crippen molar-refractivity contribution >= 4 is 0 Å². The Morgan fingerprint density at radius 2 is 1.71 bits per heavy atom. The number of rotatable bonds is 6. The van der Waals surface area contributed by atoms with Crippen molar-refractivity contribution in [1.82, 2.24) is 0 Å². The second-order valence-corrected chi connectivity index (χ2v) is 17.2. The minimum absolute atomic E-state index is 0.00249. The summed E-state index contributed by atoms with van der Waals surface area (Å²) in [5.41, 5.74) is 0.567. The first kappa shape index (κ1) is 31.9. The van der Waals surface area contributed by atoms with E-state index in [0.717, 1.165) is 38.5 Å². The molecule has 1 saturated heterocycles. The quantitative estimate of drug-likeness (QED) is 0.227. The highest BCUT2D eigenvalue weighted by molar-refractivity contribution is 5.21. The first-order chi connectivity index (χ1) is 18.9. The summed E-state index contributed by atoms with van der Waals surface area (Å²) >= 11 is 0. The Bertz CT molecular complexity index is 974. The Kier molecular flexibility index (Phi) is 8.46. The lowest BCUT2D eigenvalue weighted by Gasteiger charge is -2.71. The van der Waals surface area contributed by atoms with Gasteiger partial charge in [-0.05, 0) is 131 Å². The first-order valence-electron chi connectivity index (χ1n) is 17.0. The van der Waals surface area contributed by atoms with E-state index in [9.17, 15) is 15.3 Å². The monoisotopic (exact) mass is 574 g/mol. The average molecular weight is 575 g/mol. The molecule has 13 atom stereocenters. The van der Waals surface area contributed by atoms with Crippen molar-refractivity contribution in [2.45, 2.75) is 169 Å². The van der Waals surface area contributed by atoms with E-state index in [4.69, 9.17) is 9.47 Å². The molecule has 5 aliphatic rings. The standard InChI is InChI=1S/C36H62O5/c1-22(2)12-10-16-36(9,39)25-13-17-34(7)30(25)26(38)20-28-33(6)15-11-14-32(4,5)31(33)27(21-35(28,34)8)41-29-19-24(37)18-23(3)40-29/h12,23-31,37-39H,10-11,13-21H2,1-9H3/t23-,24+,25?,26-,27+,28-,29+,30+,31+,33-,34-,35-,36+/m1/s1. The van der Waals surface area contributed by atoms with E-state index >= 15 is 0 Å². The molecule has 0 spiro atoms. The van der Waals surface area contributed by atoms with Crippen LogP contribution in [0.5, 0.6) is 0 Å². The maximum absolute atomic E-state index is 12.1. The van der Waals surface area contributed by atoms with Crippen LogP contribution in [0.3, 0.4) is 0 Å². The molecule has 4 saturated carbocycles. The van der Waals surface area contributed by atoms with E-state index in [-0.39, 0.29) is 58.1 Å². The molecule has 1 unspecified atom stereocenters.